The van der Waals surface area contributed by atoms with Gasteiger partial charge < -0.3 is 19.9 Å². The molecule has 1 atom stereocenters. The molecule has 138 valence electrons. The number of hydrogen-bond acceptors (Lipinski definition) is 6. The number of aromatic hydroxyl groups is 1. The number of methoxy groups -OCH3 is 1. The number of phenolic OH excluding ortho intramolecular Hbond substituents is 1. The predicted octanol–water partition coefficient (Wildman–Crippen LogP) is 2.93. The molecule has 3 rings (SSSR count). The summed E-state index contributed by atoms with van der Waals surface area (Å²) in [5.74, 6) is -0.689. The average molecular weight is 357 g/mol. The maximum Gasteiger partial charge on any atom is 0.336 e. The van der Waals surface area contributed by atoms with Crippen LogP contribution in [0.5, 0.6) is 11.5 Å². The molecular formula is C20H23NO5. The molecule has 26 heavy (non-hydrogen) atoms. The van der Waals surface area contributed by atoms with Crippen LogP contribution >= 0.6 is 0 Å². The molecule has 0 bridgehead atoms. The molecule has 0 fully saturated rings. The lowest BCUT2D eigenvalue weighted by molar-refractivity contribution is -0.138. The van der Waals surface area contributed by atoms with Crippen molar-refractivity contribution in [2.45, 2.75) is 39.0 Å². The highest BCUT2D eigenvalue weighted by Crippen LogP contribution is 2.44. The highest BCUT2D eigenvalue weighted by Gasteiger charge is 2.39. The Morgan fingerprint density at radius 3 is 2.77 bits per heavy atom. The van der Waals surface area contributed by atoms with E-state index in [2.05, 4.69) is 5.32 Å². The molecule has 1 aliphatic heterocycles. The Bertz CT molecular complexity index is 821. The van der Waals surface area contributed by atoms with Gasteiger partial charge in [-0.1, -0.05) is 6.07 Å². The molecule has 2 N–H and O–H groups in total. The average Bonchev–Trinajstić information content (AvgIpc) is 2.60. The van der Waals surface area contributed by atoms with Crippen molar-refractivity contribution in [1.29, 1.82) is 0 Å². The second kappa shape index (κ2) is 7.23. The summed E-state index contributed by atoms with van der Waals surface area (Å²) in [6, 6.07) is 4.96. The number of carbonyl (C=O) groups excluding carboxylic acids is 2. The van der Waals surface area contributed by atoms with Gasteiger partial charge in [-0.2, -0.15) is 0 Å². The van der Waals surface area contributed by atoms with E-state index in [0.29, 0.717) is 34.6 Å². The Balaban J connectivity index is 2.17. The molecule has 1 unspecified atom stereocenters. The van der Waals surface area contributed by atoms with Crippen LogP contribution in [0.4, 0.5) is 0 Å². The number of dihydropyridines is 1. The van der Waals surface area contributed by atoms with Gasteiger partial charge in [0.25, 0.3) is 0 Å². The van der Waals surface area contributed by atoms with Crippen molar-refractivity contribution < 1.29 is 24.2 Å². The van der Waals surface area contributed by atoms with Crippen LogP contribution in [0.1, 0.15) is 44.6 Å². The molecule has 1 heterocycles. The monoisotopic (exact) mass is 357 g/mol. The fraction of sp³-hybridized carbons (Fsp3) is 0.400. The summed E-state index contributed by atoms with van der Waals surface area (Å²) in [5, 5.41) is 13.4. The van der Waals surface area contributed by atoms with Gasteiger partial charge in [0.15, 0.2) is 17.3 Å². The second-order valence-electron chi connectivity index (χ2n) is 6.42. The molecule has 2 aliphatic rings. The van der Waals surface area contributed by atoms with E-state index < -0.39 is 11.9 Å². The highest BCUT2D eigenvalue weighted by atomic mass is 16.5. The number of phenols is 1. The molecule has 1 aliphatic carbocycles. The van der Waals surface area contributed by atoms with Gasteiger partial charge in [-0.3, -0.25) is 4.79 Å². The lowest BCUT2D eigenvalue weighted by Gasteiger charge is -2.34. The summed E-state index contributed by atoms with van der Waals surface area (Å²) in [6.07, 6.45) is 1.99. The number of nitrogens with one attached hydrogen (secondary N) is 1. The summed E-state index contributed by atoms with van der Waals surface area (Å²) < 4.78 is 10.3. The SMILES string of the molecule is CCOC(=O)C1=C(C)NC2=C(C(=O)CCC2)C1c1ccc(OC)c(O)c1. The minimum absolute atomic E-state index is 0.0216. The summed E-state index contributed by atoms with van der Waals surface area (Å²) in [4.78, 5) is 25.3. The predicted molar refractivity (Wildman–Crippen MR) is 95.8 cm³/mol. The van der Waals surface area contributed by atoms with Crippen molar-refractivity contribution in [3.05, 3.63) is 46.3 Å². The van der Waals surface area contributed by atoms with Crippen molar-refractivity contribution in [1.82, 2.24) is 5.32 Å². The maximum absolute atomic E-state index is 12.7. The van der Waals surface area contributed by atoms with Crippen molar-refractivity contribution in [2.24, 2.45) is 0 Å². The number of ether oxygens (including phenoxy) is 2. The Morgan fingerprint density at radius 2 is 2.12 bits per heavy atom. The van der Waals surface area contributed by atoms with Crippen LogP contribution < -0.4 is 10.1 Å². The molecule has 0 radical (unpaired) electrons. The maximum atomic E-state index is 12.7. The third-order valence-electron chi connectivity index (χ3n) is 4.81. The van der Waals surface area contributed by atoms with E-state index in [9.17, 15) is 14.7 Å². The van der Waals surface area contributed by atoms with E-state index in [1.165, 1.54) is 7.11 Å². The molecule has 0 amide bonds. The van der Waals surface area contributed by atoms with E-state index in [1.54, 1.807) is 25.1 Å². The zero-order valence-corrected chi connectivity index (χ0v) is 15.2. The van der Waals surface area contributed by atoms with Gasteiger partial charge in [0.2, 0.25) is 0 Å². The Labute approximate surface area is 152 Å². The number of esters is 1. The number of ketones is 1. The van der Waals surface area contributed by atoms with Gasteiger partial charge in [-0.15, -0.1) is 0 Å². The third-order valence-corrected chi connectivity index (χ3v) is 4.81. The van der Waals surface area contributed by atoms with Gasteiger partial charge in [0.1, 0.15) is 0 Å². The van der Waals surface area contributed by atoms with Gasteiger partial charge in [-0.25, -0.2) is 4.79 Å². The quantitative estimate of drug-likeness (QED) is 0.806. The second-order valence-corrected chi connectivity index (χ2v) is 6.42. The summed E-state index contributed by atoms with van der Waals surface area (Å²) in [5.41, 5.74) is 3.19. The minimum Gasteiger partial charge on any atom is -0.504 e. The lowest BCUT2D eigenvalue weighted by atomic mass is 9.75. The number of allylic oxidation sites excluding steroid dienone is 3. The molecule has 1 aromatic rings. The minimum atomic E-state index is -0.560. The van der Waals surface area contributed by atoms with Gasteiger partial charge >= 0.3 is 5.97 Å². The molecule has 1 aromatic carbocycles. The smallest absolute Gasteiger partial charge is 0.336 e. The Kier molecular flexibility index (Phi) is 5.02. The lowest BCUT2D eigenvalue weighted by Crippen LogP contribution is -2.34. The third kappa shape index (κ3) is 3.07. The fourth-order valence-electron chi connectivity index (χ4n) is 3.68. The Morgan fingerprint density at radius 1 is 1.35 bits per heavy atom. The standard InChI is InChI=1S/C20H23NO5/c1-4-26-20(24)17-11(2)21-13-6-5-7-14(22)19(13)18(17)12-8-9-16(25-3)15(23)10-12/h8-10,18,21,23H,4-7H2,1-3H3. The number of hydrogen-bond donors (Lipinski definition) is 2. The summed E-state index contributed by atoms with van der Waals surface area (Å²) in [6.45, 7) is 3.80. The van der Waals surface area contributed by atoms with E-state index in [1.807, 2.05) is 6.92 Å². The van der Waals surface area contributed by atoms with Crippen LogP contribution in [-0.2, 0) is 14.3 Å². The van der Waals surface area contributed by atoms with Crippen molar-refractivity contribution in [3.63, 3.8) is 0 Å². The molecule has 0 saturated heterocycles. The number of benzene rings is 1. The van der Waals surface area contributed by atoms with E-state index in [4.69, 9.17) is 9.47 Å². The molecule has 0 spiro atoms. The fourth-order valence-corrected chi connectivity index (χ4v) is 3.68. The zero-order valence-electron chi connectivity index (χ0n) is 15.2. The van der Waals surface area contributed by atoms with Crippen LogP contribution in [0.3, 0.4) is 0 Å². The number of Topliss-reactive ketones (excluding diaryl/α,β-unsaturated/α-hetero) is 1. The van der Waals surface area contributed by atoms with Crippen LogP contribution in [-0.4, -0.2) is 30.6 Å². The van der Waals surface area contributed by atoms with Gasteiger partial charge in [0.05, 0.1) is 19.3 Å². The first kappa shape index (κ1) is 18.0. The first-order valence-electron chi connectivity index (χ1n) is 8.76. The van der Waals surface area contributed by atoms with Crippen LogP contribution in [0.25, 0.3) is 0 Å². The van der Waals surface area contributed by atoms with Crippen LogP contribution in [0.15, 0.2) is 40.7 Å². The normalized spacial score (nSPS) is 19.8. The molecule has 6 nitrogen and oxygen atoms in total. The van der Waals surface area contributed by atoms with E-state index >= 15 is 0 Å². The molecule has 0 aromatic heterocycles. The topological polar surface area (TPSA) is 84.9 Å². The number of carbonyl (C=O) groups is 2. The number of rotatable bonds is 4. The first-order valence-corrected chi connectivity index (χ1v) is 8.76. The highest BCUT2D eigenvalue weighted by molar-refractivity contribution is 6.03. The van der Waals surface area contributed by atoms with Crippen LogP contribution in [0, 0.1) is 0 Å². The summed E-state index contributed by atoms with van der Waals surface area (Å²) in [7, 11) is 1.47. The molecular weight excluding hydrogens is 334 g/mol. The zero-order chi connectivity index (χ0) is 18.8. The van der Waals surface area contributed by atoms with Gasteiger partial charge in [0, 0.05) is 29.3 Å². The van der Waals surface area contributed by atoms with Crippen molar-refractivity contribution in [2.75, 3.05) is 13.7 Å². The van der Waals surface area contributed by atoms with E-state index in [0.717, 1.165) is 18.5 Å². The van der Waals surface area contributed by atoms with Crippen molar-refractivity contribution in [3.8, 4) is 11.5 Å². The Hall–Kier alpha value is -2.76. The molecule has 6 heteroatoms. The first-order chi connectivity index (χ1) is 12.5. The largest absolute Gasteiger partial charge is 0.504 e. The molecule has 0 saturated carbocycles. The van der Waals surface area contributed by atoms with E-state index in [-0.39, 0.29) is 18.1 Å². The van der Waals surface area contributed by atoms with Crippen LogP contribution in [0.2, 0.25) is 0 Å². The summed E-state index contributed by atoms with van der Waals surface area (Å²) >= 11 is 0. The van der Waals surface area contributed by atoms with Gasteiger partial charge in [-0.05, 0) is 44.4 Å². The van der Waals surface area contributed by atoms with Crippen molar-refractivity contribution >= 4 is 11.8 Å².